The topological polar surface area (TPSA) is 25.4 Å². The third kappa shape index (κ3) is 3.65. The minimum absolute atomic E-state index is 0.0737. The van der Waals surface area contributed by atoms with Crippen molar-refractivity contribution < 1.29 is 31.1 Å². The van der Waals surface area contributed by atoms with E-state index in [9.17, 15) is 26.3 Å². The van der Waals surface area contributed by atoms with Crippen LogP contribution < -0.4 is 9.64 Å². The van der Waals surface area contributed by atoms with E-state index in [0.717, 1.165) is 24.9 Å². The van der Waals surface area contributed by atoms with Gasteiger partial charge in [0.25, 0.3) is 0 Å². The molecular weight excluding hydrogens is 458 g/mol. The molecule has 2 aliphatic rings. The Bertz CT molecular complexity index is 1220. The first-order chi connectivity index (χ1) is 16.1. The molecule has 0 N–H and O–H groups in total. The van der Waals surface area contributed by atoms with Gasteiger partial charge in [-0.2, -0.15) is 26.3 Å². The lowest BCUT2D eigenvalue weighted by atomic mass is 9.79. The lowest BCUT2D eigenvalue weighted by Crippen LogP contribution is -2.36. The number of rotatable bonds is 3. The van der Waals surface area contributed by atoms with Crippen LogP contribution in [0.5, 0.6) is 5.75 Å². The highest BCUT2D eigenvalue weighted by Crippen LogP contribution is 2.58. The van der Waals surface area contributed by atoms with E-state index in [0.29, 0.717) is 30.6 Å². The van der Waals surface area contributed by atoms with Crippen LogP contribution >= 0.6 is 0 Å². The summed E-state index contributed by atoms with van der Waals surface area (Å²) in [6.45, 7) is 0.0737. The molecule has 34 heavy (non-hydrogen) atoms. The number of anilines is 1. The highest BCUT2D eigenvalue weighted by atomic mass is 19.4. The van der Waals surface area contributed by atoms with E-state index in [4.69, 9.17) is 4.74 Å². The molecule has 180 valence electrons. The summed E-state index contributed by atoms with van der Waals surface area (Å²) in [4.78, 5) is 5.32. The lowest BCUT2D eigenvalue weighted by molar-refractivity contribution is -0.139. The summed E-state index contributed by atoms with van der Waals surface area (Å²) in [7, 11) is 1.51. The Morgan fingerprint density at radius 2 is 1.59 bits per heavy atom. The number of alkyl halides is 6. The Balaban J connectivity index is 1.82. The van der Waals surface area contributed by atoms with Crippen LogP contribution in [0, 0.1) is 0 Å². The fourth-order valence-electron chi connectivity index (χ4n) is 5.70. The second kappa shape index (κ2) is 8.06. The first kappa shape index (κ1) is 22.8. The zero-order valence-electron chi connectivity index (χ0n) is 18.3. The number of hydrogen-bond acceptors (Lipinski definition) is 3. The zero-order valence-corrected chi connectivity index (χ0v) is 18.3. The van der Waals surface area contributed by atoms with Crippen LogP contribution in [0.2, 0.25) is 0 Å². The van der Waals surface area contributed by atoms with Gasteiger partial charge in [0.05, 0.1) is 23.9 Å². The Labute approximate surface area is 192 Å². The number of nitrogens with zero attached hydrogens (tertiary/aromatic N) is 2. The van der Waals surface area contributed by atoms with Crippen molar-refractivity contribution in [3.8, 4) is 5.75 Å². The van der Waals surface area contributed by atoms with Gasteiger partial charge < -0.3 is 9.64 Å². The molecule has 1 fully saturated rings. The molecule has 0 radical (unpaired) electrons. The van der Waals surface area contributed by atoms with Gasteiger partial charge in [0.15, 0.2) is 0 Å². The molecule has 0 saturated heterocycles. The number of hydrogen-bond donors (Lipinski definition) is 0. The molecule has 9 heteroatoms. The smallest absolute Gasteiger partial charge is 0.419 e. The van der Waals surface area contributed by atoms with Gasteiger partial charge in [0.1, 0.15) is 5.75 Å². The van der Waals surface area contributed by atoms with Crippen molar-refractivity contribution in [3.05, 3.63) is 65.0 Å². The normalized spacial score (nSPS) is 20.4. The molecule has 0 bridgehead atoms. The van der Waals surface area contributed by atoms with Gasteiger partial charge in [0.2, 0.25) is 0 Å². The third-order valence-corrected chi connectivity index (χ3v) is 6.99. The Hall–Kier alpha value is -2.97. The molecule has 3 nitrogen and oxygen atoms in total. The number of ether oxygens (including phenoxy) is 1. The molecule has 5 rings (SSSR count). The number of aromatic nitrogens is 1. The van der Waals surface area contributed by atoms with Gasteiger partial charge in [0, 0.05) is 36.3 Å². The molecule has 0 amide bonds. The van der Waals surface area contributed by atoms with E-state index in [1.165, 1.54) is 7.11 Å². The minimum atomic E-state index is -4.85. The van der Waals surface area contributed by atoms with E-state index < -0.39 is 46.2 Å². The lowest BCUT2D eigenvalue weighted by Gasteiger charge is -2.34. The molecule has 1 aromatic heterocycles. The van der Waals surface area contributed by atoms with E-state index >= 15 is 0 Å². The van der Waals surface area contributed by atoms with E-state index in [1.54, 1.807) is 29.2 Å². The van der Waals surface area contributed by atoms with Crippen molar-refractivity contribution in [2.24, 2.45) is 0 Å². The SMILES string of the molecule is COc1ccc(CN2c3c(c(C(F)(F)F)c4ccncc4c3C(F)(F)F)C3CCCCC32)cc1. The van der Waals surface area contributed by atoms with Crippen LogP contribution in [0.3, 0.4) is 0 Å². The maximum atomic E-state index is 14.5. The van der Waals surface area contributed by atoms with Crippen LogP contribution in [-0.4, -0.2) is 18.1 Å². The number of fused-ring (bicyclic) bond motifs is 4. The first-order valence-electron chi connectivity index (χ1n) is 11.1. The Morgan fingerprint density at radius 1 is 0.912 bits per heavy atom. The Kier molecular flexibility index (Phi) is 5.41. The van der Waals surface area contributed by atoms with E-state index in [2.05, 4.69) is 4.98 Å². The molecule has 1 saturated carbocycles. The van der Waals surface area contributed by atoms with Crippen LogP contribution in [0.1, 0.15) is 53.9 Å². The third-order valence-electron chi connectivity index (χ3n) is 6.99. The van der Waals surface area contributed by atoms with Gasteiger partial charge in [-0.3, -0.25) is 4.98 Å². The van der Waals surface area contributed by atoms with Crippen LogP contribution in [0.25, 0.3) is 10.8 Å². The first-order valence-corrected chi connectivity index (χ1v) is 11.1. The molecule has 2 atom stereocenters. The summed E-state index contributed by atoms with van der Waals surface area (Å²) in [6.07, 6.45) is -5.21. The van der Waals surface area contributed by atoms with Crippen molar-refractivity contribution in [1.82, 2.24) is 4.98 Å². The van der Waals surface area contributed by atoms with Gasteiger partial charge in [-0.15, -0.1) is 0 Å². The number of halogens is 6. The molecule has 0 spiro atoms. The molecular formula is C25H22F6N2O. The van der Waals surface area contributed by atoms with E-state index in [1.807, 2.05) is 0 Å². The second-order valence-corrected chi connectivity index (χ2v) is 8.86. The van der Waals surface area contributed by atoms with Crippen LogP contribution in [-0.2, 0) is 18.9 Å². The highest BCUT2D eigenvalue weighted by molar-refractivity contribution is 5.97. The molecule has 2 aromatic carbocycles. The number of benzene rings is 2. The summed E-state index contributed by atoms with van der Waals surface area (Å²) >= 11 is 0. The van der Waals surface area contributed by atoms with Crippen LogP contribution in [0.4, 0.5) is 32.0 Å². The molecule has 1 aliphatic carbocycles. The maximum absolute atomic E-state index is 14.5. The fourth-order valence-corrected chi connectivity index (χ4v) is 5.70. The summed E-state index contributed by atoms with van der Waals surface area (Å²) in [5.74, 6) is -0.0224. The largest absolute Gasteiger partial charge is 0.497 e. The Morgan fingerprint density at radius 3 is 2.24 bits per heavy atom. The fraction of sp³-hybridized carbons (Fsp3) is 0.400. The van der Waals surface area contributed by atoms with Gasteiger partial charge in [-0.1, -0.05) is 25.0 Å². The van der Waals surface area contributed by atoms with Crippen molar-refractivity contribution in [3.63, 3.8) is 0 Å². The van der Waals surface area contributed by atoms with E-state index in [-0.39, 0.29) is 17.8 Å². The van der Waals surface area contributed by atoms with Crippen LogP contribution in [0.15, 0.2) is 42.7 Å². The van der Waals surface area contributed by atoms with Gasteiger partial charge in [-0.25, -0.2) is 0 Å². The second-order valence-electron chi connectivity index (χ2n) is 8.86. The van der Waals surface area contributed by atoms with Crippen molar-refractivity contribution >= 4 is 16.5 Å². The summed E-state index contributed by atoms with van der Waals surface area (Å²) in [5.41, 5.74) is -1.83. The number of methoxy groups -OCH3 is 1. The zero-order chi connectivity index (χ0) is 24.3. The summed E-state index contributed by atoms with van der Waals surface area (Å²) < 4.78 is 92.2. The minimum Gasteiger partial charge on any atom is -0.497 e. The predicted molar refractivity (Wildman–Crippen MR) is 116 cm³/mol. The maximum Gasteiger partial charge on any atom is 0.419 e. The molecule has 2 heterocycles. The predicted octanol–water partition coefficient (Wildman–Crippen LogP) is 7.33. The summed E-state index contributed by atoms with van der Waals surface area (Å²) in [6, 6.07) is 7.47. The van der Waals surface area contributed by atoms with Crippen molar-refractivity contribution in [2.45, 2.75) is 56.5 Å². The highest BCUT2D eigenvalue weighted by Gasteiger charge is 2.52. The van der Waals surface area contributed by atoms with Crippen molar-refractivity contribution in [1.29, 1.82) is 0 Å². The number of pyridine rings is 1. The average Bonchev–Trinajstić information content (AvgIpc) is 3.09. The van der Waals surface area contributed by atoms with Gasteiger partial charge in [-0.05, 0) is 47.6 Å². The van der Waals surface area contributed by atoms with Gasteiger partial charge >= 0.3 is 12.4 Å². The molecule has 2 unspecified atom stereocenters. The standard InChI is InChI=1S/C25H22F6N2O/c1-34-15-8-6-14(7-9-15)13-33-19-5-3-2-4-17(19)20-21(24(26,27)28)16-10-11-32-12-18(16)22(23(20)33)25(29,30)31/h6-12,17,19H,2-5,13H2,1H3. The van der Waals surface area contributed by atoms with Crippen molar-refractivity contribution in [2.75, 3.05) is 12.0 Å². The monoisotopic (exact) mass is 480 g/mol. The summed E-state index contributed by atoms with van der Waals surface area (Å²) in [5, 5.41) is -0.955. The molecule has 3 aromatic rings. The quantitative estimate of drug-likeness (QED) is 0.367. The average molecular weight is 480 g/mol. The molecule has 1 aliphatic heterocycles.